The molecule has 5 aromatic carbocycles. The van der Waals surface area contributed by atoms with Crippen molar-refractivity contribution >= 4 is 5.69 Å². The maximum absolute atomic E-state index is 12.1. The second-order valence-electron chi connectivity index (χ2n) is 14.2. The number of benzene rings is 5. The van der Waals surface area contributed by atoms with E-state index in [2.05, 4.69) is 5.32 Å². The minimum absolute atomic E-state index is 0.0247. The number of hydrogen-bond acceptors (Lipinski definition) is 11. The minimum Gasteiger partial charge on any atom is -0.394 e. The molecule has 2 saturated heterocycles. The Morgan fingerprint density at radius 1 is 0.491 bits per heavy atom. The Morgan fingerprint density at radius 3 is 1.46 bits per heavy atom. The molecule has 57 heavy (non-hydrogen) atoms. The molecule has 11 nitrogen and oxygen atoms in total. The largest absolute Gasteiger partial charge is 0.394 e. The molecule has 5 aromatic rings. The minimum atomic E-state index is -1.33. The van der Waals surface area contributed by atoms with Gasteiger partial charge in [0.2, 0.25) is 0 Å². The van der Waals surface area contributed by atoms with Crippen LogP contribution in [-0.2, 0) is 59.6 Å². The van der Waals surface area contributed by atoms with Crippen molar-refractivity contribution in [3.8, 4) is 0 Å². The molecule has 0 aliphatic carbocycles. The summed E-state index contributed by atoms with van der Waals surface area (Å²) in [6.07, 6.45) is -9.53. The van der Waals surface area contributed by atoms with E-state index in [1.54, 1.807) is 0 Å². The van der Waals surface area contributed by atoms with E-state index >= 15 is 0 Å². The molecule has 2 aliphatic heterocycles. The average Bonchev–Trinajstić information content (AvgIpc) is 3.26. The zero-order valence-corrected chi connectivity index (χ0v) is 31.6. The molecule has 10 unspecified atom stereocenters. The fourth-order valence-electron chi connectivity index (χ4n) is 7.15. The Balaban J connectivity index is 1.20. The topological polar surface area (TPSA) is 137 Å². The molecule has 7 rings (SSSR count). The van der Waals surface area contributed by atoms with Crippen molar-refractivity contribution in [3.63, 3.8) is 0 Å². The SMILES string of the molecule is OCC1OC(OC2C(COCc3ccccc3)OC(O)C(Nc3ccccc3)C2OCc2ccccc2)C(OCc2ccccc2)C(O)C1OCc1ccccc1. The van der Waals surface area contributed by atoms with Crippen LogP contribution in [0.1, 0.15) is 22.3 Å². The Bertz CT molecular complexity index is 1860. The number of para-hydroxylation sites is 1. The van der Waals surface area contributed by atoms with E-state index < -0.39 is 68.0 Å². The summed E-state index contributed by atoms with van der Waals surface area (Å²) in [5.41, 5.74) is 4.39. The first-order valence-corrected chi connectivity index (χ1v) is 19.4. The number of rotatable bonds is 18. The highest BCUT2D eigenvalue weighted by Gasteiger charge is 2.53. The average molecular weight is 778 g/mol. The number of nitrogens with one attached hydrogen (secondary N) is 1. The van der Waals surface area contributed by atoms with E-state index in [0.717, 1.165) is 27.9 Å². The van der Waals surface area contributed by atoms with Gasteiger partial charge in [0.05, 0.1) is 39.6 Å². The lowest BCUT2D eigenvalue weighted by molar-refractivity contribution is -0.356. The van der Waals surface area contributed by atoms with Crippen LogP contribution >= 0.6 is 0 Å². The van der Waals surface area contributed by atoms with Gasteiger partial charge in [0.1, 0.15) is 48.8 Å². The standard InChI is InChI=1S/C46H51NO10/c48-26-37-41(52-28-33-18-8-2-9-19-33)40(49)44(54-30-35-22-12-4-13-23-35)46(56-37)57-42-38(31-51-27-32-16-6-1-7-17-32)55-45(50)39(47-36-24-14-5-15-25-36)43(42)53-29-34-20-10-3-11-21-34/h1-25,37-50H,26-31H2. The van der Waals surface area contributed by atoms with Crippen LogP contribution < -0.4 is 5.32 Å². The number of anilines is 1. The van der Waals surface area contributed by atoms with E-state index in [-0.39, 0.29) is 26.4 Å². The van der Waals surface area contributed by atoms with Gasteiger partial charge in [0.15, 0.2) is 12.6 Å². The Morgan fingerprint density at radius 2 is 0.947 bits per heavy atom. The summed E-state index contributed by atoms with van der Waals surface area (Å²) >= 11 is 0. The summed E-state index contributed by atoms with van der Waals surface area (Å²) in [4.78, 5) is 0. The smallest absolute Gasteiger partial charge is 0.187 e. The van der Waals surface area contributed by atoms with Gasteiger partial charge < -0.3 is 53.8 Å². The van der Waals surface area contributed by atoms with E-state index in [4.69, 9.17) is 33.2 Å². The Kier molecular flexibility index (Phi) is 14.8. The highest BCUT2D eigenvalue weighted by atomic mass is 16.7. The summed E-state index contributed by atoms with van der Waals surface area (Å²) in [7, 11) is 0. The van der Waals surface area contributed by atoms with Gasteiger partial charge in [-0.15, -0.1) is 0 Å². The van der Waals surface area contributed by atoms with Gasteiger partial charge in [-0.1, -0.05) is 140 Å². The van der Waals surface area contributed by atoms with Crippen molar-refractivity contribution in [2.75, 3.05) is 18.5 Å². The molecule has 0 saturated carbocycles. The Hall–Kier alpha value is -4.50. The fourth-order valence-corrected chi connectivity index (χ4v) is 7.15. The van der Waals surface area contributed by atoms with Gasteiger partial charge in [-0.05, 0) is 34.4 Å². The van der Waals surface area contributed by atoms with Gasteiger partial charge in [-0.3, -0.25) is 0 Å². The first-order valence-electron chi connectivity index (χ1n) is 19.4. The summed E-state index contributed by atoms with van der Waals surface area (Å²) in [5.74, 6) is 0. The molecule has 2 aliphatic rings. The number of aliphatic hydroxyl groups excluding tert-OH is 3. The zero-order chi connectivity index (χ0) is 39.2. The van der Waals surface area contributed by atoms with Crippen molar-refractivity contribution in [2.24, 2.45) is 0 Å². The number of aliphatic hydroxyl groups is 3. The first kappa shape index (κ1) is 40.7. The van der Waals surface area contributed by atoms with E-state index in [1.165, 1.54) is 0 Å². The summed E-state index contributed by atoms with van der Waals surface area (Å²) in [6, 6.07) is 47.3. The van der Waals surface area contributed by atoms with Crippen LogP contribution in [0.15, 0.2) is 152 Å². The van der Waals surface area contributed by atoms with Crippen LogP contribution in [-0.4, -0.2) is 89.9 Å². The molecule has 10 atom stereocenters. The fraction of sp³-hybridized carbons (Fsp3) is 0.348. The molecule has 11 heteroatoms. The first-order chi connectivity index (χ1) is 28.1. The summed E-state index contributed by atoms with van der Waals surface area (Å²) in [5, 5.41) is 37.8. The molecule has 4 N–H and O–H groups in total. The predicted molar refractivity (Wildman–Crippen MR) is 213 cm³/mol. The Labute approximate surface area is 333 Å². The number of hydrogen-bond donors (Lipinski definition) is 4. The van der Waals surface area contributed by atoms with Gasteiger partial charge in [0, 0.05) is 5.69 Å². The summed E-state index contributed by atoms with van der Waals surface area (Å²) < 4.78 is 45.4. The van der Waals surface area contributed by atoms with Crippen LogP contribution in [0.25, 0.3) is 0 Å². The van der Waals surface area contributed by atoms with Crippen LogP contribution in [0.4, 0.5) is 5.69 Å². The molecule has 0 aromatic heterocycles. The molecule has 2 heterocycles. The van der Waals surface area contributed by atoms with Crippen molar-refractivity contribution in [2.45, 2.75) is 87.8 Å². The van der Waals surface area contributed by atoms with Crippen LogP contribution in [0, 0.1) is 0 Å². The van der Waals surface area contributed by atoms with E-state index in [1.807, 2.05) is 152 Å². The maximum atomic E-state index is 12.1. The molecular weight excluding hydrogens is 727 g/mol. The third kappa shape index (κ3) is 11.1. The van der Waals surface area contributed by atoms with Crippen LogP contribution in [0.3, 0.4) is 0 Å². The maximum Gasteiger partial charge on any atom is 0.187 e. The molecule has 0 bridgehead atoms. The van der Waals surface area contributed by atoms with E-state index in [9.17, 15) is 15.3 Å². The van der Waals surface area contributed by atoms with Crippen LogP contribution in [0.5, 0.6) is 0 Å². The van der Waals surface area contributed by atoms with Crippen molar-refractivity contribution < 1.29 is 48.5 Å². The monoisotopic (exact) mass is 777 g/mol. The third-order valence-electron chi connectivity index (χ3n) is 10.1. The molecule has 0 spiro atoms. The zero-order valence-electron chi connectivity index (χ0n) is 31.6. The predicted octanol–water partition coefficient (Wildman–Crippen LogP) is 5.62. The summed E-state index contributed by atoms with van der Waals surface area (Å²) in [6.45, 7) is 0.361. The van der Waals surface area contributed by atoms with Crippen molar-refractivity contribution in [1.82, 2.24) is 0 Å². The highest BCUT2D eigenvalue weighted by molar-refractivity contribution is 5.44. The lowest BCUT2D eigenvalue weighted by Gasteiger charge is -2.49. The van der Waals surface area contributed by atoms with Gasteiger partial charge in [-0.2, -0.15) is 0 Å². The van der Waals surface area contributed by atoms with E-state index in [0.29, 0.717) is 6.61 Å². The molecular formula is C46H51NO10. The second-order valence-corrected chi connectivity index (χ2v) is 14.2. The van der Waals surface area contributed by atoms with Gasteiger partial charge in [0.25, 0.3) is 0 Å². The molecule has 0 radical (unpaired) electrons. The van der Waals surface area contributed by atoms with Crippen molar-refractivity contribution in [1.29, 1.82) is 0 Å². The molecule has 300 valence electrons. The van der Waals surface area contributed by atoms with Crippen molar-refractivity contribution in [3.05, 3.63) is 174 Å². The molecule has 0 amide bonds. The highest BCUT2D eigenvalue weighted by Crippen LogP contribution is 2.34. The third-order valence-corrected chi connectivity index (χ3v) is 10.1. The van der Waals surface area contributed by atoms with Crippen LogP contribution in [0.2, 0.25) is 0 Å². The molecule has 2 fully saturated rings. The van der Waals surface area contributed by atoms with Gasteiger partial charge in [-0.25, -0.2) is 0 Å². The van der Waals surface area contributed by atoms with Gasteiger partial charge >= 0.3 is 0 Å². The lowest BCUT2D eigenvalue weighted by atomic mass is 9.94. The normalized spacial score (nSPS) is 27.5. The quantitative estimate of drug-likeness (QED) is 0.0883. The number of ether oxygens (including phenoxy) is 7. The second kappa shape index (κ2) is 20.8. The lowest BCUT2D eigenvalue weighted by Crippen LogP contribution is -2.66.